The molecule has 2 unspecified atom stereocenters. The first-order valence-corrected chi connectivity index (χ1v) is 9.51. The monoisotopic (exact) mass is 362 g/mol. The van der Waals surface area contributed by atoms with E-state index >= 15 is 0 Å². The van der Waals surface area contributed by atoms with Crippen molar-refractivity contribution in [1.82, 2.24) is 20.5 Å². The van der Waals surface area contributed by atoms with Gasteiger partial charge >= 0.3 is 0 Å². The third-order valence-electron chi connectivity index (χ3n) is 5.71. The van der Waals surface area contributed by atoms with Gasteiger partial charge in [-0.3, -0.25) is 4.98 Å². The Balaban J connectivity index is 1.38. The number of rotatable bonds is 3. The van der Waals surface area contributed by atoms with E-state index in [9.17, 15) is 5.11 Å². The Morgan fingerprint density at radius 3 is 2.63 bits per heavy atom. The fourth-order valence-electron chi connectivity index (χ4n) is 4.36. The van der Waals surface area contributed by atoms with Crippen LogP contribution in [0.25, 0.3) is 22.0 Å². The number of hydrogen-bond acceptors (Lipinski definition) is 6. The number of aryl methyl sites for hydroxylation is 1. The smallest absolute Gasteiger partial charge is 0.233 e. The van der Waals surface area contributed by atoms with Crippen molar-refractivity contribution < 1.29 is 9.84 Å². The molecule has 2 aliphatic heterocycles. The largest absolute Gasteiger partial charge is 0.507 e. The summed E-state index contributed by atoms with van der Waals surface area (Å²) in [7, 11) is 0. The van der Waals surface area contributed by atoms with Crippen LogP contribution in [0.15, 0.2) is 36.5 Å². The van der Waals surface area contributed by atoms with Crippen molar-refractivity contribution in [2.75, 3.05) is 0 Å². The molecule has 6 nitrogen and oxygen atoms in total. The molecular weight excluding hydrogens is 340 g/mol. The fraction of sp³-hybridized carbons (Fsp3) is 0.381. The summed E-state index contributed by atoms with van der Waals surface area (Å²) in [6.07, 6.45) is 6.51. The van der Waals surface area contributed by atoms with E-state index in [1.807, 2.05) is 31.2 Å². The molecule has 138 valence electrons. The van der Waals surface area contributed by atoms with Gasteiger partial charge in [-0.25, -0.2) is 0 Å². The standard InChI is InChI=1S/C21H22N4O2/c1-12-17-11-20(26)18(8-13(17)6-7-22-12)19-4-5-21(25-24-19)27-16-9-14-2-3-15(10-16)23-14/h4-8,11,14-16,23,26H,2-3,9-10H2,1H3/t14-,15?,16?/m1/s1. The Morgan fingerprint density at radius 2 is 1.89 bits per heavy atom. The summed E-state index contributed by atoms with van der Waals surface area (Å²) in [5.74, 6) is 0.724. The number of benzene rings is 1. The lowest BCUT2D eigenvalue weighted by Crippen LogP contribution is -2.42. The van der Waals surface area contributed by atoms with Gasteiger partial charge in [-0.2, -0.15) is 0 Å². The molecule has 2 saturated heterocycles. The maximum Gasteiger partial charge on any atom is 0.233 e. The summed E-state index contributed by atoms with van der Waals surface area (Å²) in [5.41, 5.74) is 2.17. The molecule has 3 atom stereocenters. The van der Waals surface area contributed by atoms with Gasteiger partial charge in [0.2, 0.25) is 5.88 Å². The molecule has 2 fully saturated rings. The summed E-state index contributed by atoms with van der Waals surface area (Å²) in [6, 6.07) is 10.4. The maximum atomic E-state index is 10.4. The van der Waals surface area contributed by atoms with Gasteiger partial charge in [0.1, 0.15) is 11.9 Å². The van der Waals surface area contributed by atoms with Crippen LogP contribution in [-0.2, 0) is 0 Å². The van der Waals surface area contributed by atoms with Crippen LogP contribution in [0.5, 0.6) is 11.6 Å². The molecule has 4 heterocycles. The normalized spacial score (nSPS) is 24.3. The number of aromatic hydroxyl groups is 1. The van der Waals surface area contributed by atoms with Gasteiger partial charge in [0.05, 0.1) is 5.69 Å². The Morgan fingerprint density at radius 1 is 1.07 bits per heavy atom. The number of aromatic nitrogens is 3. The van der Waals surface area contributed by atoms with Crippen LogP contribution < -0.4 is 10.1 Å². The second-order valence-corrected chi connectivity index (χ2v) is 7.59. The highest BCUT2D eigenvalue weighted by atomic mass is 16.5. The number of hydrogen-bond donors (Lipinski definition) is 2. The Kier molecular flexibility index (Phi) is 3.93. The third kappa shape index (κ3) is 3.10. The number of nitrogens with one attached hydrogen (secondary N) is 1. The lowest BCUT2D eigenvalue weighted by atomic mass is 10.0. The van der Waals surface area contributed by atoms with Crippen LogP contribution in [0.4, 0.5) is 0 Å². The number of phenols is 1. The third-order valence-corrected chi connectivity index (χ3v) is 5.71. The van der Waals surface area contributed by atoms with Crippen LogP contribution in [-0.4, -0.2) is 38.5 Å². The molecule has 0 radical (unpaired) electrons. The highest BCUT2D eigenvalue weighted by Gasteiger charge is 2.34. The second-order valence-electron chi connectivity index (χ2n) is 7.59. The summed E-state index contributed by atoms with van der Waals surface area (Å²) in [6.45, 7) is 1.93. The predicted octanol–water partition coefficient (Wildman–Crippen LogP) is 3.37. The minimum atomic E-state index is 0.177. The van der Waals surface area contributed by atoms with Crippen molar-refractivity contribution >= 4 is 10.8 Å². The van der Waals surface area contributed by atoms with E-state index in [2.05, 4.69) is 20.5 Å². The summed E-state index contributed by atoms with van der Waals surface area (Å²) in [5, 5.41) is 24.5. The SMILES string of the molecule is Cc1nccc2cc(-c3ccc(OC4CC5CC[C@H](C4)N5)nn3)c(O)cc12. The number of pyridine rings is 1. The Labute approximate surface area is 157 Å². The molecule has 3 aromatic rings. The fourth-order valence-corrected chi connectivity index (χ4v) is 4.36. The molecule has 1 aromatic carbocycles. The Bertz CT molecular complexity index is 977. The minimum Gasteiger partial charge on any atom is -0.507 e. The lowest BCUT2D eigenvalue weighted by Gasteiger charge is -2.28. The van der Waals surface area contributed by atoms with Crippen molar-refractivity contribution in [3.63, 3.8) is 0 Å². The van der Waals surface area contributed by atoms with Crippen molar-refractivity contribution in [2.24, 2.45) is 0 Å². The van der Waals surface area contributed by atoms with Crippen molar-refractivity contribution in [3.05, 3.63) is 42.2 Å². The highest BCUT2D eigenvalue weighted by Crippen LogP contribution is 2.34. The molecule has 0 amide bonds. The topological polar surface area (TPSA) is 80.2 Å². The highest BCUT2D eigenvalue weighted by molar-refractivity contribution is 5.91. The Hall–Kier alpha value is -2.73. The zero-order valence-corrected chi connectivity index (χ0v) is 15.2. The van der Waals surface area contributed by atoms with E-state index in [-0.39, 0.29) is 11.9 Å². The summed E-state index contributed by atoms with van der Waals surface area (Å²) < 4.78 is 6.06. The average Bonchev–Trinajstić information content (AvgIpc) is 3.01. The number of piperidine rings is 1. The van der Waals surface area contributed by atoms with E-state index in [0.717, 1.165) is 29.3 Å². The second kappa shape index (κ2) is 6.46. The summed E-state index contributed by atoms with van der Waals surface area (Å²) in [4.78, 5) is 4.27. The van der Waals surface area contributed by atoms with Gasteiger partial charge in [0.15, 0.2) is 0 Å². The van der Waals surface area contributed by atoms with Gasteiger partial charge < -0.3 is 15.2 Å². The number of phenolic OH excluding ortho intramolecular Hbond substituents is 1. The van der Waals surface area contributed by atoms with Crippen molar-refractivity contribution in [1.29, 1.82) is 0 Å². The molecule has 2 bridgehead atoms. The van der Waals surface area contributed by atoms with Crippen molar-refractivity contribution in [3.8, 4) is 22.9 Å². The molecule has 2 aliphatic rings. The van der Waals surface area contributed by atoms with Crippen LogP contribution in [0.2, 0.25) is 0 Å². The van der Waals surface area contributed by atoms with Crippen LogP contribution in [0.3, 0.4) is 0 Å². The van der Waals surface area contributed by atoms with Gasteiger partial charge in [0, 0.05) is 41.0 Å². The number of nitrogens with zero attached hydrogens (tertiary/aromatic N) is 3. The number of ether oxygens (including phenoxy) is 1. The van der Waals surface area contributed by atoms with Crippen LogP contribution >= 0.6 is 0 Å². The lowest BCUT2D eigenvalue weighted by molar-refractivity contribution is 0.130. The van der Waals surface area contributed by atoms with Crippen LogP contribution in [0, 0.1) is 6.92 Å². The molecular formula is C21H22N4O2. The van der Waals surface area contributed by atoms with E-state index in [1.54, 1.807) is 12.3 Å². The van der Waals surface area contributed by atoms with Crippen LogP contribution in [0.1, 0.15) is 31.4 Å². The van der Waals surface area contributed by atoms with E-state index in [0.29, 0.717) is 29.2 Å². The quantitative estimate of drug-likeness (QED) is 0.744. The molecule has 2 aromatic heterocycles. The van der Waals surface area contributed by atoms with Gasteiger partial charge in [-0.1, -0.05) is 0 Å². The zero-order valence-electron chi connectivity index (χ0n) is 15.2. The molecule has 6 heteroatoms. The predicted molar refractivity (Wildman–Crippen MR) is 103 cm³/mol. The average molecular weight is 362 g/mol. The molecule has 0 saturated carbocycles. The number of fused-ring (bicyclic) bond motifs is 3. The first-order chi connectivity index (χ1) is 13.2. The molecule has 5 rings (SSSR count). The van der Waals surface area contributed by atoms with Gasteiger partial charge in [-0.15, -0.1) is 10.2 Å². The first-order valence-electron chi connectivity index (χ1n) is 9.51. The van der Waals surface area contributed by atoms with E-state index < -0.39 is 0 Å². The maximum absolute atomic E-state index is 10.4. The van der Waals surface area contributed by atoms with E-state index in [4.69, 9.17) is 4.74 Å². The van der Waals surface area contributed by atoms with E-state index in [1.165, 1.54) is 12.8 Å². The zero-order chi connectivity index (χ0) is 18.4. The molecule has 0 spiro atoms. The van der Waals surface area contributed by atoms with Crippen molar-refractivity contribution in [2.45, 2.75) is 50.8 Å². The molecule has 0 aliphatic carbocycles. The first kappa shape index (κ1) is 16.4. The summed E-state index contributed by atoms with van der Waals surface area (Å²) >= 11 is 0. The van der Waals surface area contributed by atoms with Gasteiger partial charge in [0.25, 0.3) is 0 Å². The van der Waals surface area contributed by atoms with Gasteiger partial charge in [-0.05, 0) is 62.3 Å². The molecule has 27 heavy (non-hydrogen) atoms. The minimum absolute atomic E-state index is 0.177. The molecule has 2 N–H and O–H groups in total.